The number of carboxylic acids is 1. The summed E-state index contributed by atoms with van der Waals surface area (Å²) < 4.78 is 11.5. The van der Waals surface area contributed by atoms with Crippen molar-refractivity contribution in [1.29, 1.82) is 0 Å². The molecule has 1 atom stereocenters. The molecule has 0 spiro atoms. The minimum Gasteiger partial charge on any atom is -0.486 e. The Hall–Kier alpha value is -3.19. The van der Waals surface area contributed by atoms with Gasteiger partial charge in [-0.2, -0.15) is 0 Å². The summed E-state index contributed by atoms with van der Waals surface area (Å²) in [7, 11) is 0. The van der Waals surface area contributed by atoms with Gasteiger partial charge in [0.1, 0.15) is 17.5 Å². The molecule has 0 unspecified atom stereocenters. The fraction of sp³-hybridized carbons (Fsp3) is 0.379. The SMILES string of the molecule is C/C(S)=C(\C=C(/C)[C@@H](C)Oc1cc(C)ccc1CC(=O)O)c1cccc(CNC(=O)OC(C)(C)C)c1. The molecule has 0 aliphatic heterocycles. The number of alkyl carbamates (subject to hydrolysis) is 1. The lowest BCUT2D eigenvalue weighted by atomic mass is 9.99. The molecule has 0 heterocycles. The molecule has 2 aromatic carbocycles. The number of carbonyl (C=O) groups excluding carboxylic acids is 1. The summed E-state index contributed by atoms with van der Waals surface area (Å²) >= 11 is 4.62. The van der Waals surface area contributed by atoms with Gasteiger partial charge in [-0.1, -0.05) is 36.4 Å². The standard InChI is InChI=1S/C29H37NO5S/c1-18-11-12-24(16-27(31)32)26(13-18)34-20(3)19(2)14-25(21(4)36)23-10-8-9-22(15-23)17-30-28(33)35-29(5,6)7/h8-15,20,36H,16-17H2,1-7H3,(H,30,33)(H,31,32)/b19-14+,25-21-/t20-/m1/s1. The second-order valence-electron chi connectivity index (χ2n) is 9.89. The zero-order valence-electron chi connectivity index (χ0n) is 22.1. The lowest BCUT2D eigenvalue weighted by Gasteiger charge is -2.20. The molecule has 2 aromatic rings. The van der Waals surface area contributed by atoms with Gasteiger partial charge in [-0.05, 0) is 93.3 Å². The summed E-state index contributed by atoms with van der Waals surface area (Å²) in [5.41, 5.74) is 4.85. The third-order valence-electron chi connectivity index (χ3n) is 5.34. The van der Waals surface area contributed by atoms with Gasteiger partial charge in [0, 0.05) is 12.1 Å². The van der Waals surface area contributed by atoms with E-state index in [4.69, 9.17) is 9.47 Å². The van der Waals surface area contributed by atoms with Gasteiger partial charge >= 0.3 is 12.1 Å². The van der Waals surface area contributed by atoms with Crippen molar-refractivity contribution in [3.8, 4) is 5.75 Å². The molecule has 194 valence electrons. The number of amides is 1. The Labute approximate surface area is 219 Å². The Kier molecular flexibility index (Phi) is 10.2. The summed E-state index contributed by atoms with van der Waals surface area (Å²) in [6.45, 7) is 13.6. The number of aliphatic carboxylic acids is 1. The first-order chi connectivity index (χ1) is 16.7. The predicted molar refractivity (Wildman–Crippen MR) is 147 cm³/mol. The highest BCUT2D eigenvalue weighted by molar-refractivity contribution is 7.84. The quantitative estimate of drug-likeness (QED) is 0.257. The first-order valence-electron chi connectivity index (χ1n) is 11.9. The van der Waals surface area contributed by atoms with Crippen molar-refractivity contribution in [2.45, 2.75) is 73.1 Å². The molecule has 0 radical (unpaired) electrons. The molecule has 0 saturated carbocycles. The lowest BCUT2D eigenvalue weighted by molar-refractivity contribution is -0.136. The average Bonchev–Trinajstić information content (AvgIpc) is 2.76. The van der Waals surface area contributed by atoms with Crippen molar-refractivity contribution in [3.63, 3.8) is 0 Å². The molecule has 7 heteroatoms. The molecule has 0 saturated heterocycles. The van der Waals surface area contributed by atoms with E-state index >= 15 is 0 Å². The molecule has 1 amide bonds. The van der Waals surface area contributed by atoms with Gasteiger partial charge in [0.15, 0.2) is 0 Å². The number of nitrogens with one attached hydrogen (secondary N) is 1. The molecule has 2 N–H and O–H groups in total. The van der Waals surface area contributed by atoms with Crippen LogP contribution < -0.4 is 10.1 Å². The van der Waals surface area contributed by atoms with Crippen molar-refractivity contribution in [2.24, 2.45) is 0 Å². The molecular formula is C29H37NO5S. The van der Waals surface area contributed by atoms with Crippen molar-refractivity contribution >= 4 is 30.3 Å². The number of thiol groups is 1. The van der Waals surface area contributed by atoms with Crippen LogP contribution in [0.3, 0.4) is 0 Å². The highest BCUT2D eigenvalue weighted by Gasteiger charge is 2.16. The Morgan fingerprint density at radius 3 is 2.44 bits per heavy atom. The van der Waals surface area contributed by atoms with E-state index in [9.17, 15) is 14.7 Å². The van der Waals surface area contributed by atoms with Gasteiger partial charge in [-0.3, -0.25) is 4.79 Å². The van der Waals surface area contributed by atoms with Crippen molar-refractivity contribution < 1.29 is 24.2 Å². The molecule has 0 aromatic heterocycles. The van der Waals surface area contributed by atoms with E-state index in [2.05, 4.69) is 17.9 Å². The fourth-order valence-electron chi connectivity index (χ4n) is 3.44. The second-order valence-corrected chi connectivity index (χ2v) is 10.6. The van der Waals surface area contributed by atoms with E-state index in [0.29, 0.717) is 17.9 Å². The highest BCUT2D eigenvalue weighted by Crippen LogP contribution is 2.28. The number of rotatable bonds is 9. The first-order valence-corrected chi connectivity index (χ1v) is 12.3. The minimum atomic E-state index is -0.902. The van der Waals surface area contributed by atoms with Crippen LogP contribution in [0.5, 0.6) is 5.75 Å². The maximum atomic E-state index is 12.0. The van der Waals surface area contributed by atoms with Gasteiger partial charge < -0.3 is 19.9 Å². The molecule has 36 heavy (non-hydrogen) atoms. The van der Waals surface area contributed by atoms with Gasteiger partial charge in [-0.15, -0.1) is 12.6 Å². The summed E-state index contributed by atoms with van der Waals surface area (Å²) in [4.78, 5) is 24.1. The first kappa shape index (κ1) is 29.0. The van der Waals surface area contributed by atoms with Crippen LogP contribution in [0.15, 0.2) is 59.0 Å². The molecule has 2 rings (SSSR count). The smallest absolute Gasteiger partial charge is 0.407 e. The molecule has 6 nitrogen and oxygen atoms in total. The van der Waals surface area contributed by atoms with E-state index < -0.39 is 17.7 Å². The number of ether oxygens (including phenoxy) is 2. The zero-order chi connectivity index (χ0) is 27.0. The van der Waals surface area contributed by atoms with Crippen LogP contribution in [0, 0.1) is 6.92 Å². The fourth-order valence-corrected chi connectivity index (χ4v) is 3.64. The van der Waals surface area contributed by atoms with Gasteiger partial charge in [0.2, 0.25) is 0 Å². The van der Waals surface area contributed by atoms with Gasteiger partial charge in [0.25, 0.3) is 0 Å². The number of aryl methyl sites for hydroxylation is 1. The van der Waals surface area contributed by atoms with Crippen LogP contribution >= 0.6 is 12.6 Å². The zero-order valence-corrected chi connectivity index (χ0v) is 23.0. The summed E-state index contributed by atoms with van der Waals surface area (Å²) in [5, 5.41) is 12.0. The van der Waals surface area contributed by atoms with Crippen LogP contribution in [0.1, 0.15) is 63.8 Å². The number of allylic oxidation sites excluding steroid dienone is 3. The van der Waals surface area contributed by atoms with Crippen molar-refractivity contribution in [1.82, 2.24) is 5.32 Å². The minimum absolute atomic E-state index is 0.101. The Morgan fingerprint density at radius 1 is 1.14 bits per heavy atom. The Bertz CT molecular complexity index is 1160. The molecular weight excluding hydrogens is 474 g/mol. The maximum absolute atomic E-state index is 12.0. The van der Waals surface area contributed by atoms with Crippen molar-refractivity contribution in [2.75, 3.05) is 0 Å². The molecule has 0 bridgehead atoms. The normalized spacial score (nSPS) is 13.5. The lowest BCUT2D eigenvalue weighted by Crippen LogP contribution is -2.32. The summed E-state index contributed by atoms with van der Waals surface area (Å²) in [5.74, 6) is -0.332. The third-order valence-corrected chi connectivity index (χ3v) is 5.59. The Morgan fingerprint density at radius 2 is 1.83 bits per heavy atom. The molecule has 0 fully saturated rings. The Balaban J connectivity index is 2.22. The number of hydrogen-bond acceptors (Lipinski definition) is 5. The third kappa shape index (κ3) is 9.46. The topological polar surface area (TPSA) is 84.9 Å². The molecule has 0 aliphatic carbocycles. The van der Waals surface area contributed by atoms with E-state index in [1.54, 1.807) is 6.07 Å². The van der Waals surface area contributed by atoms with Gasteiger partial charge in [-0.25, -0.2) is 4.79 Å². The highest BCUT2D eigenvalue weighted by atomic mass is 32.1. The van der Waals surface area contributed by atoms with E-state index in [1.165, 1.54) is 0 Å². The average molecular weight is 512 g/mol. The van der Waals surface area contributed by atoms with E-state index in [0.717, 1.165) is 32.7 Å². The molecule has 0 aliphatic rings. The predicted octanol–water partition coefficient (Wildman–Crippen LogP) is 6.72. The number of benzene rings is 2. The van der Waals surface area contributed by atoms with Crippen LogP contribution in [0.2, 0.25) is 0 Å². The van der Waals surface area contributed by atoms with Crippen LogP contribution in [-0.2, 0) is 22.5 Å². The monoisotopic (exact) mass is 511 g/mol. The van der Waals surface area contributed by atoms with Gasteiger partial charge in [0.05, 0.1) is 6.42 Å². The van der Waals surface area contributed by atoms with Crippen molar-refractivity contribution in [3.05, 3.63) is 81.3 Å². The largest absolute Gasteiger partial charge is 0.486 e. The van der Waals surface area contributed by atoms with E-state index in [-0.39, 0.29) is 12.5 Å². The van der Waals surface area contributed by atoms with Crippen LogP contribution in [0.4, 0.5) is 4.79 Å². The summed E-state index contributed by atoms with van der Waals surface area (Å²) in [6.07, 6.45) is 1.17. The second kappa shape index (κ2) is 12.7. The van der Waals surface area contributed by atoms with E-state index in [1.807, 2.05) is 90.9 Å². The number of hydrogen-bond donors (Lipinski definition) is 3. The summed E-state index contributed by atoms with van der Waals surface area (Å²) in [6, 6.07) is 13.4. The maximum Gasteiger partial charge on any atom is 0.407 e. The number of carbonyl (C=O) groups is 2. The van der Waals surface area contributed by atoms with Crippen LogP contribution in [0.25, 0.3) is 5.57 Å². The van der Waals surface area contributed by atoms with Crippen LogP contribution in [-0.4, -0.2) is 28.9 Å². The number of carboxylic acid groups (broad SMARTS) is 1.